The molecule has 0 aliphatic rings. The van der Waals surface area contributed by atoms with Crippen molar-refractivity contribution in [1.82, 2.24) is 14.3 Å². The number of benzene rings is 1. The summed E-state index contributed by atoms with van der Waals surface area (Å²) in [6.07, 6.45) is 3.14. The summed E-state index contributed by atoms with van der Waals surface area (Å²) in [7, 11) is -2.44. The SMILES string of the molecule is Cc1csc(NC(=O)CN(C)S(=O)(=O)c2cccc3cnccc23)n1. The summed E-state index contributed by atoms with van der Waals surface area (Å²) in [5.41, 5.74) is 0.797. The van der Waals surface area contributed by atoms with Gasteiger partial charge in [-0.1, -0.05) is 12.1 Å². The van der Waals surface area contributed by atoms with E-state index in [0.29, 0.717) is 10.5 Å². The molecule has 0 atom stereocenters. The smallest absolute Gasteiger partial charge is 0.243 e. The number of nitrogens with zero attached hydrogens (tertiary/aromatic N) is 3. The summed E-state index contributed by atoms with van der Waals surface area (Å²) in [5.74, 6) is -0.442. The van der Waals surface area contributed by atoms with Crippen LogP contribution in [-0.2, 0) is 14.8 Å². The Morgan fingerprint density at radius 1 is 1.32 bits per heavy atom. The Bertz CT molecular complexity index is 1030. The fourth-order valence-electron chi connectivity index (χ4n) is 2.34. The molecule has 0 saturated heterocycles. The highest BCUT2D eigenvalue weighted by atomic mass is 32.2. The lowest BCUT2D eigenvalue weighted by Crippen LogP contribution is -2.35. The van der Waals surface area contributed by atoms with E-state index in [1.165, 1.54) is 24.5 Å². The van der Waals surface area contributed by atoms with Crippen LogP contribution in [0.25, 0.3) is 10.8 Å². The summed E-state index contributed by atoms with van der Waals surface area (Å²) >= 11 is 1.29. The van der Waals surface area contributed by atoms with E-state index < -0.39 is 15.9 Å². The first-order valence-electron chi connectivity index (χ1n) is 7.39. The lowest BCUT2D eigenvalue weighted by molar-refractivity contribution is -0.116. The molecule has 1 amide bonds. The number of amides is 1. The van der Waals surface area contributed by atoms with E-state index in [9.17, 15) is 13.2 Å². The molecule has 2 heterocycles. The standard InChI is InChI=1S/C16H16N4O3S2/c1-11-10-24-16(18-11)19-15(21)9-20(2)25(22,23)14-5-3-4-12-8-17-7-6-13(12)14/h3-8,10H,9H2,1-2H3,(H,18,19,21). The van der Waals surface area contributed by atoms with Crippen LogP contribution in [0.5, 0.6) is 0 Å². The summed E-state index contributed by atoms with van der Waals surface area (Å²) < 4.78 is 26.7. The number of aryl methyl sites for hydroxylation is 1. The van der Waals surface area contributed by atoms with Gasteiger partial charge in [0.1, 0.15) is 0 Å². The molecule has 25 heavy (non-hydrogen) atoms. The van der Waals surface area contributed by atoms with Crippen LogP contribution in [-0.4, -0.2) is 42.2 Å². The minimum atomic E-state index is -3.82. The van der Waals surface area contributed by atoms with Gasteiger partial charge in [0.15, 0.2) is 5.13 Å². The van der Waals surface area contributed by atoms with E-state index in [4.69, 9.17) is 0 Å². The number of carbonyl (C=O) groups excluding carboxylic acids is 1. The van der Waals surface area contributed by atoms with Crippen LogP contribution in [0.1, 0.15) is 5.69 Å². The fraction of sp³-hybridized carbons (Fsp3) is 0.188. The van der Waals surface area contributed by atoms with E-state index >= 15 is 0 Å². The van der Waals surface area contributed by atoms with Crippen LogP contribution >= 0.6 is 11.3 Å². The zero-order valence-electron chi connectivity index (χ0n) is 13.6. The Kier molecular flexibility index (Phi) is 4.80. The second-order valence-electron chi connectivity index (χ2n) is 5.46. The van der Waals surface area contributed by atoms with Gasteiger partial charge in [-0.05, 0) is 19.1 Å². The van der Waals surface area contributed by atoms with Gasteiger partial charge in [0, 0.05) is 35.6 Å². The molecule has 1 aromatic carbocycles. The molecule has 2 aromatic heterocycles. The maximum absolute atomic E-state index is 12.9. The monoisotopic (exact) mass is 376 g/mol. The average Bonchev–Trinajstić information content (AvgIpc) is 2.98. The quantitative estimate of drug-likeness (QED) is 0.737. The predicted octanol–water partition coefficient (Wildman–Crippen LogP) is 2.26. The van der Waals surface area contributed by atoms with E-state index in [2.05, 4.69) is 15.3 Å². The van der Waals surface area contributed by atoms with Gasteiger partial charge in [0.2, 0.25) is 15.9 Å². The van der Waals surface area contributed by atoms with Crippen molar-refractivity contribution < 1.29 is 13.2 Å². The number of nitrogens with one attached hydrogen (secondary N) is 1. The highest BCUT2D eigenvalue weighted by molar-refractivity contribution is 7.89. The van der Waals surface area contributed by atoms with E-state index in [-0.39, 0.29) is 11.4 Å². The van der Waals surface area contributed by atoms with Crippen LogP contribution in [0.15, 0.2) is 46.9 Å². The number of anilines is 1. The predicted molar refractivity (Wildman–Crippen MR) is 97.0 cm³/mol. The molecule has 0 bridgehead atoms. The second-order valence-corrected chi connectivity index (χ2v) is 8.33. The third-order valence-electron chi connectivity index (χ3n) is 3.56. The van der Waals surface area contributed by atoms with Gasteiger partial charge in [-0.15, -0.1) is 11.3 Å². The minimum Gasteiger partial charge on any atom is -0.301 e. The van der Waals surface area contributed by atoms with Crippen molar-refractivity contribution in [3.8, 4) is 0 Å². The van der Waals surface area contributed by atoms with Crippen molar-refractivity contribution in [3.05, 3.63) is 47.7 Å². The summed E-state index contributed by atoms with van der Waals surface area (Å²) in [6, 6.07) is 6.62. The highest BCUT2D eigenvalue weighted by Crippen LogP contribution is 2.24. The average molecular weight is 376 g/mol. The first kappa shape index (κ1) is 17.5. The molecule has 0 saturated carbocycles. The van der Waals surface area contributed by atoms with Crippen LogP contribution in [0.4, 0.5) is 5.13 Å². The lowest BCUT2D eigenvalue weighted by Gasteiger charge is -2.17. The number of carbonyl (C=O) groups is 1. The van der Waals surface area contributed by atoms with Gasteiger partial charge in [-0.3, -0.25) is 9.78 Å². The maximum Gasteiger partial charge on any atom is 0.243 e. The van der Waals surface area contributed by atoms with Crippen molar-refractivity contribution in [2.24, 2.45) is 0 Å². The Morgan fingerprint density at radius 2 is 2.12 bits per heavy atom. The van der Waals surface area contributed by atoms with E-state index in [1.54, 1.807) is 36.0 Å². The van der Waals surface area contributed by atoms with Crippen LogP contribution in [0.2, 0.25) is 0 Å². The van der Waals surface area contributed by atoms with Crippen molar-refractivity contribution in [2.45, 2.75) is 11.8 Å². The Labute approximate surface area is 149 Å². The van der Waals surface area contributed by atoms with Crippen molar-refractivity contribution >= 4 is 43.2 Å². The number of fused-ring (bicyclic) bond motifs is 1. The lowest BCUT2D eigenvalue weighted by atomic mass is 10.2. The van der Waals surface area contributed by atoms with Crippen LogP contribution in [0, 0.1) is 6.92 Å². The maximum atomic E-state index is 12.9. The fourth-order valence-corrected chi connectivity index (χ4v) is 4.38. The minimum absolute atomic E-state index is 0.146. The van der Waals surface area contributed by atoms with Gasteiger partial charge >= 0.3 is 0 Å². The third-order valence-corrected chi connectivity index (χ3v) is 6.30. The summed E-state index contributed by atoms with van der Waals surface area (Å²) in [5, 5.41) is 6.15. The number of aromatic nitrogens is 2. The summed E-state index contributed by atoms with van der Waals surface area (Å²) in [6.45, 7) is 1.51. The number of pyridine rings is 1. The van der Waals surface area contributed by atoms with Gasteiger partial charge in [0.05, 0.1) is 17.1 Å². The molecular weight excluding hydrogens is 360 g/mol. The third kappa shape index (κ3) is 3.68. The van der Waals surface area contributed by atoms with Crippen LogP contribution < -0.4 is 5.32 Å². The molecule has 7 nitrogen and oxygen atoms in total. The Hall–Kier alpha value is -2.36. The topological polar surface area (TPSA) is 92.3 Å². The van der Waals surface area contributed by atoms with Crippen LogP contribution in [0.3, 0.4) is 0 Å². The molecule has 1 N–H and O–H groups in total. The molecule has 3 aromatic rings. The Balaban J connectivity index is 1.82. The number of thiazole rings is 1. The highest BCUT2D eigenvalue weighted by Gasteiger charge is 2.25. The molecule has 130 valence electrons. The molecule has 0 radical (unpaired) electrons. The van der Waals surface area contributed by atoms with Gasteiger partial charge in [-0.2, -0.15) is 4.31 Å². The zero-order valence-corrected chi connectivity index (χ0v) is 15.3. The molecule has 0 fully saturated rings. The number of likely N-dealkylation sites (N-methyl/N-ethyl adjacent to an activating group) is 1. The molecular formula is C16H16N4O3S2. The normalized spacial score (nSPS) is 11.8. The summed E-state index contributed by atoms with van der Waals surface area (Å²) in [4.78, 5) is 20.4. The van der Waals surface area contributed by atoms with Crippen molar-refractivity contribution in [3.63, 3.8) is 0 Å². The van der Waals surface area contributed by atoms with E-state index in [0.717, 1.165) is 15.4 Å². The van der Waals surface area contributed by atoms with Crippen molar-refractivity contribution in [2.75, 3.05) is 18.9 Å². The first-order valence-corrected chi connectivity index (χ1v) is 9.71. The second kappa shape index (κ2) is 6.87. The number of hydrogen-bond donors (Lipinski definition) is 1. The molecule has 3 rings (SSSR count). The molecule has 9 heteroatoms. The largest absolute Gasteiger partial charge is 0.301 e. The van der Waals surface area contributed by atoms with Gasteiger partial charge in [-0.25, -0.2) is 13.4 Å². The Morgan fingerprint density at radius 3 is 2.84 bits per heavy atom. The number of hydrogen-bond acceptors (Lipinski definition) is 6. The van der Waals surface area contributed by atoms with Crippen molar-refractivity contribution in [1.29, 1.82) is 0 Å². The zero-order chi connectivity index (χ0) is 18.0. The number of sulfonamides is 1. The molecule has 0 aliphatic heterocycles. The molecule has 0 spiro atoms. The first-order chi connectivity index (χ1) is 11.9. The van der Waals surface area contributed by atoms with E-state index in [1.807, 2.05) is 6.92 Å². The number of rotatable bonds is 5. The van der Waals surface area contributed by atoms with Gasteiger partial charge in [0.25, 0.3) is 0 Å². The molecule has 0 aliphatic carbocycles. The molecule has 0 unspecified atom stereocenters. The van der Waals surface area contributed by atoms with Gasteiger partial charge < -0.3 is 5.32 Å².